The number of benzene rings is 1. The molecule has 146 valence electrons. The van der Waals surface area contributed by atoms with Gasteiger partial charge in [0, 0.05) is 38.3 Å². The van der Waals surface area contributed by atoms with Gasteiger partial charge in [-0.3, -0.25) is 9.59 Å². The van der Waals surface area contributed by atoms with Crippen LogP contribution in [0, 0.1) is 11.7 Å². The summed E-state index contributed by atoms with van der Waals surface area (Å²) in [6, 6.07) is 4.06. The topological polar surface area (TPSA) is 84.7 Å². The molecule has 3 N–H and O–H groups in total. The van der Waals surface area contributed by atoms with Crippen LogP contribution in [0.15, 0.2) is 18.2 Å². The van der Waals surface area contributed by atoms with Crippen LogP contribution in [0.5, 0.6) is 0 Å². The SMILES string of the molecule is COC(CN)CC(=O)N1CCC(C(=O)Nc2ccc(F)c(Cl)c2)CC1.Cl. The monoisotopic (exact) mass is 407 g/mol. The molecule has 0 bridgehead atoms. The van der Waals surface area contributed by atoms with E-state index in [1.807, 2.05) is 0 Å². The van der Waals surface area contributed by atoms with Gasteiger partial charge < -0.3 is 20.7 Å². The third-order valence-corrected chi connectivity index (χ3v) is 4.69. The second-order valence-electron chi connectivity index (χ2n) is 6.07. The number of methoxy groups -OCH3 is 1. The number of anilines is 1. The van der Waals surface area contributed by atoms with Crippen LogP contribution in [0.1, 0.15) is 19.3 Å². The van der Waals surface area contributed by atoms with Gasteiger partial charge in [-0.2, -0.15) is 0 Å². The summed E-state index contributed by atoms with van der Waals surface area (Å²) in [4.78, 5) is 26.3. The van der Waals surface area contributed by atoms with Crippen molar-refractivity contribution in [1.29, 1.82) is 0 Å². The Bertz CT molecular complexity index is 621. The number of nitrogens with one attached hydrogen (secondary N) is 1. The van der Waals surface area contributed by atoms with E-state index in [0.29, 0.717) is 38.2 Å². The molecule has 6 nitrogen and oxygen atoms in total. The first kappa shape index (κ1) is 22.6. The van der Waals surface area contributed by atoms with Crippen LogP contribution in [0.3, 0.4) is 0 Å². The summed E-state index contributed by atoms with van der Waals surface area (Å²) in [5.41, 5.74) is 5.99. The minimum atomic E-state index is -0.529. The molecule has 1 heterocycles. The van der Waals surface area contributed by atoms with Crippen LogP contribution < -0.4 is 11.1 Å². The van der Waals surface area contributed by atoms with E-state index in [4.69, 9.17) is 22.1 Å². The molecule has 2 amide bonds. The Morgan fingerprint density at radius 2 is 2.08 bits per heavy atom. The minimum absolute atomic E-state index is 0. The zero-order chi connectivity index (χ0) is 18.4. The van der Waals surface area contributed by atoms with Crippen molar-refractivity contribution in [3.8, 4) is 0 Å². The zero-order valence-corrected chi connectivity index (χ0v) is 16.1. The number of hydrogen-bond donors (Lipinski definition) is 2. The van der Waals surface area contributed by atoms with Gasteiger partial charge in [-0.1, -0.05) is 11.6 Å². The molecule has 1 atom stereocenters. The fraction of sp³-hybridized carbons (Fsp3) is 0.529. The summed E-state index contributed by atoms with van der Waals surface area (Å²) in [7, 11) is 1.53. The third kappa shape index (κ3) is 6.09. The lowest BCUT2D eigenvalue weighted by molar-refractivity contribution is -0.136. The highest BCUT2D eigenvalue weighted by Crippen LogP contribution is 2.23. The normalized spacial score (nSPS) is 15.9. The van der Waals surface area contributed by atoms with Crippen molar-refractivity contribution in [1.82, 2.24) is 4.90 Å². The van der Waals surface area contributed by atoms with E-state index in [1.54, 1.807) is 4.90 Å². The number of piperidine rings is 1. The average molecular weight is 408 g/mol. The maximum atomic E-state index is 13.2. The van der Waals surface area contributed by atoms with Gasteiger partial charge in [0.1, 0.15) is 5.82 Å². The van der Waals surface area contributed by atoms with Gasteiger partial charge >= 0.3 is 0 Å². The van der Waals surface area contributed by atoms with Gasteiger partial charge in [-0.05, 0) is 31.0 Å². The van der Waals surface area contributed by atoms with Crippen molar-refractivity contribution in [2.45, 2.75) is 25.4 Å². The smallest absolute Gasteiger partial charge is 0.227 e. The quantitative estimate of drug-likeness (QED) is 0.758. The van der Waals surface area contributed by atoms with Gasteiger partial charge in [0.05, 0.1) is 17.5 Å². The minimum Gasteiger partial charge on any atom is -0.380 e. The van der Waals surface area contributed by atoms with E-state index in [2.05, 4.69) is 5.32 Å². The van der Waals surface area contributed by atoms with E-state index >= 15 is 0 Å². The first-order chi connectivity index (χ1) is 11.9. The van der Waals surface area contributed by atoms with Gasteiger partial charge in [-0.25, -0.2) is 4.39 Å². The van der Waals surface area contributed by atoms with Crippen molar-refractivity contribution in [3.05, 3.63) is 29.0 Å². The van der Waals surface area contributed by atoms with E-state index < -0.39 is 5.82 Å². The molecule has 0 radical (unpaired) electrons. The molecular weight excluding hydrogens is 384 g/mol. The van der Waals surface area contributed by atoms with Crippen LogP contribution in [-0.2, 0) is 14.3 Å². The molecule has 2 rings (SSSR count). The Labute approximate surface area is 163 Å². The lowest BCUT2D eigenvalue weighted by Gasteiger charge is -2.32. The maximum absolute atomic E-state index is 13.2. The maximum Gasteiger partial charge on any atom is 0.227 e. The van der Waals surface area contributed by atoms with Crippen LogP contribution in [-0.4, -0.2) is 49.6 Å². The lowest BCUT2D eigenvalue weighted by atomic mass is 9.95. The fourth-order valence-corrected chi connectivity index (χ4v) is 2.98. The van der Waals surface area contributed by atoms with Crippen molar-refractivity contribution in [3.63, 3.8) is 0 Å². The largest absolute Gasteiger partial charge is 0.380 e. The first-order valence-electron chi connectivity index (χ1n) is 8.21. The molecule has 0 aromatic heterocycles. The van der Waals surface area contributed by atoms with Crippen molar-refractivity contribution >= 4 is 41.5 Å². The summed E-state index contributed by atoms with van der Waals surface area (Å²) in [5.74, 6) is -0.882. The standard InChI is InChI=1S/C17H23ClFN3O3.ClH/c1-25-13(10-20)9-16(23)22-6-4-11(5-7-22)17(24)21-12-2-3-15(19)14(18)8-12;/h2-3,8,11,13H,4-7,9-10,20H2,1H3,(H,21,24);1H. The Morgan fingerprint density at radius 1 is 1.42 bits per heavy atom. The Hall–Kier alpha value is -1.41. The predicted molar refractivity (Wildman–Crippen MR) is 101 cm³/mol. The number of hydrogen-bond acceptors (Lipinski definition) is 4. The van der Waals surface area contributed by atoms with Gasteiger partial charge in [-0.15, -0.1) is 12.4 Å². The highest BCUT2D eigenvalue weighted by molar-refractivity contribution is 6.31. The number of likely N-dealkylation sites (tertiary alicyclic amines) is 1. The van der Waals surface area contributed by atoms with Crippen LogP contribution in [0.4, 0.5) is 10.1 Å². The average Bonchev–Trinajstić information content (AvgIpc) is 2.62. The number of nitrogens with two attached hydrogens (primary N) is 1. The molecule has 9 heteroatoms. The Kier molecular flexibility index (Phi) is 9.29. The summed E-state index contributed by atoms with van der Waals surface area (Å²) in [5, 5.41) is 2.71. The molecule has 0 saturated carbocycles. The Balaban J connectivity index is 0.00000338. The van der Waals surface area contributed by atoms with Crippen LogP contribution in [0.25, 0.3) is 0 Å². The Morgan fingerprint density at radius 3 is 2.62 bits per heavy atom. The second kappa shape index (κ2) is 10.7. The number of rotatable bonds is 6. The number of ether oxygens (including phenoxy) is 1. The second-order valence-corrected chi connectivity index (χ2v) is 6.48. The number of amides is 2. The summed E-state index contributed by atoms with van der Waals surface area (Å²) >= 11 is 5.71. The van der Waals surface area contributed by atoms with E-state index in [1.165, 1.54) is 25.3 Å². The molecule has 1 aromatic carbocycles. The summed E-state index contributed by atoms with van der Waals surface area (Å²) in [6.45, 7) is 1.32. The van der Waals surface area contributed by atoms with Crippen molar-refractivity contribution in [2.75, 3.05) is 32.1 Å². The molecular formula is C17H24Cl2FN3O3. The van der Waals surface area contributed by atoms with Crippen molar-refractivity contribution in [2.24, 2.45) is 11.7 Å². The number of halogens is 3. The fourth-order valence-electron chi connectivity index (χ4n) is 2.80. The molecule has 26 heavy (non-hydrogen) atoms. The molecule has 1 aliphatic rings. The van der Waals surface area contributed by atoms with E-state index in [9.17, 15) is 14.0 Å². The van der Waals surface area contributed by atoms with E-state index in [-0.39, 0.29) is 47.7 Å². The van der Waals surface area contributed by atoms with Gasteiger partial charge in [0.15, 0.2) is 0 Å². The predicted octanol–water partition coefficient (Wildman–Crippen LogP) is 2.44. The molecule has 1 fully saturated rings. The molecule has 1 unspecified atom stereocenters. The lowest BCUT2D eigenvalue weighted by Crippen LogP contribution is -2.43. The molecule has 0 spiro atoms. The number of nitrogens with zero attached hydrogens (tertiary/aromatic N) is 1. The number of carbonyl (C=O) groups is 2. The van der Waals surface area contributed by atoms with Crippen LogP contribution >= 0.6 is 24.0 Å². The van der Waals surface area contributed by atoms with E-state index in [0.717, 1.165) is 0 Å². The molecule has 1 aliphatic heterocycles. The molecule has 1 saturated heterocycles. The third-order valence-electron chi connectivity index (χ3n) is 4.40. The highest BCUT2D eigenvalue weighted by atomic mass is 35.5. The first-order valence-corrected chi connectivity index (χ1v) is 8.59. The highest BCUT2D eigenvalue weighted by Gasteiger charge is 2.28. The van der Waals surface area contributed by atoms with Gasteiger partial charge in [0.2, 0.25) is 11.8 Å². The number of carbonyl (C=O) groups excluding carboxylic acids is 2. The zero-order valence-electron chi connectivity index (χ0n) is 14.5. The molecule has 1 aromatic rings. The summed E-state index contributed by atoms with van der Waals surface area (Å²) in [6.07, 6.45) is 1.12. The van der Waals surface area contributed by atoms with Crippen molar-refractivity contribution < 1.29 is 18.7 Å². The summed E-state index contributed by atoms with van der Waals surface area (Å²) < 4.78 is 18.3. The van der Waals surface area contributed by atoms with Gasteiger partial charge in [0.25, 0.3) is 0 Å². The molecule has 0 aliphatic carbocycles. The van der Waals surface area contributed by atoms with Crippen LogP contribution in [0.2, 0.25) is 5.02 Å².